The van der Waals surface area contributed by atoms with E-state index in [2.05, 4.69) is 10.6 Å². The highest BCUT2D eigenvalue weighted by Gasteiger charge is 2.18. The van der Waals surface area contributed by atoms with Crippen molar-refractivity contribution in [2.45, 2.75) is 51.2 Å². The average molecular weight is 401 g/mol. The summed E-state index contributed by atoms with van der Waals surface area (Å²) in [7, 11) is 0. The molecule has 1 fully saturated rings. The lowest BCUT2D eigenvalue weighted by Crippen LogP contribution is -2.36. The molecule has 148 valence electrons. The number of carbonyl (C=O) groups is 2. The van der Waals surface area contributed by atoms with Crippen molar-refractivity contribution in [1.82, 2.24) is 5.32 Å². The predicted octanol–water partition coefficient (Wildman–Crippen LogP) is 4.81. The van der Waals surface area contributed by atoms with E-state index in [4.69, 9.17) is 16.3 Å². The molecule has 5 nitrogen and oxygen atoms in total. The van der Waals surface area contributed by atoms with Crippen molar-refractivity contribution in [1.29, 1.82) is 0 Å². The summed E-state index contributed by atoms with van der Waals surface area (Å²) >= 11 is 6.06. The number of hydrogen-bond donors (Lipinski definition) is 2. The molecule has 2 N–H and O–H groups in total. The Hall–Kier alpha value is -2.53. The Balaban J connectivity index is 1.53. The lowest BCUT2D eigenvalue weighted by molar-refractivity contribution is -0.122. The van der Waals surface area contributed by atoms with Crippen LogP contribution in [0.25, 0.3) is 0 Å². The van der Waals surface area contributed by atoms with E-state index in [0.29, 0.717) is 22.0 Å². The monoisotopic (exact) mass is 400 g/mol. The molecule has 2 amide bonds. The summed E-state index contributed by atoms with van der Waals surface area (Å²) in [5.41, 5.74) is 1.13. The lowest BCUT2D eigenvalue weighted by atomic mass is 9.95. The van der Waals surface area contributed by atoms with E-state index in [1.807, 2.05) is 0 Å². The van der Waals surface area contributed by atoms with Gasteiger partial charge in [0.2, 0.25) is 0 Å². The van der Waals surface area contributed by atoms with Gasteiger partial charge in [-0.2, -0.15) is 0 Å². The van der Waals surface area contributed by atoms with Gasteiger partial charge in [-0.25, -0.2) is 0 Å². The zero-order valence-corrected chi connectivity index (χ0v) is 16.7. The van der Waals surface area contributed by atoms with Crippen LogP contribution in [0.2, 0.25) is 5.02 Å². The van der Waals surface area contributed by atoms with Crippen LogP contribution in [-0.2, 0) is 4.79 Å². The van der Waals surface area contributed by atoms with E-state index in [1.165, 1.54) is 19.3 Å². The summed E-state index contributed by atoms with van der Waals surface area (Å²) in [6, 6.07) is 14.1. The summed E-state index contributed by atoms with van der Waals surface area (Å²) < 4.78 is 5.69. The SMILES string of the molecule is CC(Oc1ccc(C(=O)NC2CCCCC2)cc1)C(=O)Nc1ccccc1Cl. The molecule has 3 rings (SSSR count). The minimum Gasteiger partial charge on any atom is -0.481 e. The molecule has 28 heavy (non-hydrogen) atoms. The second-order valence-electron chi connectivity index (χ2n) is 7.06. The zero-order valence-electron chi connectivity index (χ0n) is 15.9. The highest BCUT2D eigenvalue weighted by molar-refractivity contribution is 6.33. The van der Waals surface area contributed by atoms with Gasteiger partial charge in [-0.15, -0.1) is 0 Å². The summed E-state index contributed by atoms with van der Waals surface area (Å²) in [5, 5.41) is 6.30. The van der Waals surface area contributed by atoms with Crippen molar-refractivity contribution >= 4 is 29.1 Å². The van der Waals surface area contributed by atoms with Crippen molar-refractivity contribution in [2.24, 2.45) is 0 Å². The maximum absolute atomic E-state index is 12.4. The molecule has 0 aliphatic heterocycles. The first-order valence-corrected chi connectivity index (χ1v) is 10.0. The molecule has 0 saturated heterocycles. The van der Waals surface area contributed by atoms with Crippen LogP contribution in [-0.4, -0.2) is 24.0 Å². The minimum absolute atomic E-state index is 0.0667. The topological polar surface area (TPSA) is 67.4 Å². The first-order chi connectivity index (χ1) is 13.5. The van der Waals surface area contributed by atoms with Crippen LogP contribution in [0.15, 0.2) is 48.5 Å². The van der Waals surface area contributed by atoms with Crippen molar-refractivity contribution < 1.29 is 14.3 Å². The Labute approximate surface area is 170 Å². The van der Waals surface area contributed by atoms with Gasteiger partial charge in [0.1, 0.15) is 5.75 Å². The number of amides is 2. The van der Waals surface area contributed by atoms with E-state index in [-0.39, 0.29) is 17.9 Å². The Morgan fingerprint density at radius 1 is 1.04 bits per heavy atom. The van der Waals surface area contributed by atoms with Gasteiger partial charge in [-0.3, -0.25) is 9.59 Å². The first kappa shape index (κ1) is 20.2. The Kier molecular flexibility index (Phi) is 6.93. The minimum atomic E-state index is -0.710. The Morgan fingerprint density at radius 3 is 2.39 bits per heavy atom. The fourth-order valence-corrected chi connectivity index (χ4v) is 3.44. The maximum atomic E-state index is 12.4. The third kappa shape index (κ3) is 5.49. The molecule has 0 radical (unpaired) electrons. The highest BCUT2D eigenvalue weighted by Crippen LogP contribution is 2.22. The number of carbonyl (C=O) groups excluding carboxylic acids is 2. The molecule has 2 aromatic rings. The smallest absolute Gasteiger partial charge is 0.265 e. The Bertz CT molecular complexity index is 817. The number of benzene rings is 2. The zero-order chi connectivity index (χ0) is 19.9. The quantitative estimate of drug-likeness (QED) is 0.731. The number of nitrogens with one attached hydrogen (secondary N) is 2. The van der Waals surface area contributed by atoms with E-state index >= 15 is 0 Å². The fourth-order valence-electron chi connectivity index (χ4n) is 3.26. The van der Waals surface area contributed by atoms with Gasteiger partial charge in [0.25, 0.3) is 11.8 Å². The van der Waals surface area contributed by atoms with Crippen LogP contribution < -0.4 is 15.4 Å². The normalized spacial score (nSPS) is 15.5. The van der Waals surface area contributed by atoms with Gasteiger partial charge >= 0.3 is 0 Å². The standard InChI is InChI=1S/C22H25ClN2O3/c1-15(21(26)25-20-10-6-5-9-19(20)23)28-18-13-11-16(12-14-18)22(27)24-17-7-3-2-4-8-17/h5-6,9-15,17H,2-4,7-8H2,1H3,(H,24,27)(H,25,26). The van der Waals surface area contributed by atoms with Gasteiger partial charge in [0.05, 0.1) is 10.7 Å². The van der Waals surface area contributed by atoms with E-state index in [0.717, 1.165) is 12.8 Å². The molecule has 1 aliphatic carbocycles. The summed E-state index contributed by atoms with van der Waals surface area (Å²) in [6.45, 7) is 1.66. The number of ether oxygens (including phenoxy) is 1. The summed E-state index contributed by atoms with van der Waals surface area (Å²) in [4.78, 5) is 24.7. The van der Waals surface area contributed by atoms with Crippen LogP contribution in [0.1, 0.15) is 49.4 Å². The number of para-hydroxylation sites is 1. The number of rotatable bonds is 6. The molecule has 0 bridgehead atoms. The Morgan fingerprint density at radius 2 is 1.71 bits per heavy atom. The highest BCUT2D eigenvalue weighted by atomic mass is 35.5. The largest absolute Gasteiger partial charge is 0.481 e. The van der Waals surface area contributed by atoms with Crippen LogP contribution in [0, 0.1) is 0 Å². The van der Waals surface area contributed by atoms with E-state index in [1.54, 1.807) is 55.5 Å². The van der Waals surface area contributed by atoms with Crippen LogP contribution in [0.5, 0.6) is 5.75 Å². The molecule has 6 heteroatoms. The summed E-state index contributed by atoms with van der Waals surface area (Å²) in [5.74, 6) is 0.159. The number of halogens is 1. The third-order valence-corrected chi connectivity index (χ3v) is 5.20. The first-order valence-electron chi connectivity index (χ1n) is 9.66. The van der Waals surface area contributed by atoms with Gasteiger partial charge in [0, 0.05) is 11.6 Å². The lowest BCUT2D eigenvalue weighted by Gasteiger charge is -2.22. The second kappa shape index (κ2) is 9.60. The van der Waals surface area contributed by atoms with Crippen molar-refractivity contribution in [3.05, 3.63) is 59.1 Å². The predicted molar refractivity (Wildman–Crippen MR) is 111 cm³/mol. The van der Waals surface area contributed by atoms with Gasteiger partial charge in [-0.1, -0.05) is 43.0 Å². The molecule has 1 saturated carbocycles. The molecule has 0 heterocycles. The maximum Gasteiger partial charge on any atom is 0.265 e. The second-order valence-corrected chi connectivity index (χ2v) is 7.47. The van der Waals surface area contributed by atoms with E-state index < -0.39 is 6.10 Å². The fraction of sp³-hybridized carbons (Fsp3) is 0.364. The molecule has 2 aromatic carbocycles. The number of hydrogen-bond acceptors (Lipinski definition) is 3. The molecular formula is C22H25ClN2O3. The third-order valence-electron chi connectivity index (χ3n) is 4.87. The number of anilines is 1. The average Bonchev–Trinajstić information content (AvgIpc) is 2.71. The molecule has 1 unspecified atom stereocenters. The summed E-state index contributed by atoms with van der Waals surface area (Å²) in [6.07, 6.45) is 4.98. The van der Waals surface area contributed by atoms with Gasteiger partial charge in [-0.05, 0) is 56.2 Å². The molecule has 1 aliphatic rings. The molecule has 1 atom stereocenters. The van der Waals surface area contributed by atoms with Gasteiger partial charge in [0.15, 0.2) is 6.10 Å². The van der Waals surface area contributed by atoms with Crippen molar-refractivity contribution in [2.75, 3.05) is 5.32 Å². The van der Waals surface area contributed by atoms with Crippen molar-refractivity contribution in [3.63, 3.8) is 0 Å². The van der Waals surface area contributed by atoms with Crippen LogP contribution >= 0.6 is 11.6 Å². The van der Waals surface area contributed by atoms with Crippen LogP contribution in [0.3, 0.4) is 0 Å². The van der Waals surface area contributed by atoms with Crippen LogP contribution in [0.4, 0.5) is 5.69 Å². The van der Waals surface area contributed by atoms with Gasteiger partial charge < -0.3 is 15.4 Å². The molecule has 0 spiro atoms. The van der Waals surface area contributed by atoms with Crippen molar-refractivity contribution in [3.8, 4) is 5.75 Å². The van der Waals surface area contributed by atoms with E-state index in [9.17, 15) is 9.59 Å². The molecular weight excluding hydrogens is 376 g/mol. The molecule has 0 aromatic heterocycles.